The second-order valence-corrected chi connectivity index (χ2v) is 5.78. The zero-order valence-corrected chi connectivity index (χ0v) is 11.7. The Morgan fingerprint density at radius 2 is 1.79 bits per heavy atom. The normalized spacial score (nSPS) is 28.3. The van der Waals surface area contributed by atoms with Gasteiger partial charge in [-0.2, -0.15) is 0 Å². The minimum absolute atomic E-state index is 0.0462. The Morgan fingerprint density at radius 3 is 2.47 bits per heavy atom. The lowest BCUT2D eigenvalue weighted by Gasteiger charge is -2.37. The van der Waals surface area contributed by atoms with Crippen LogP contribution in [-0.2, 0) is 9.59 Å². The van der Waals surface area contributed by atoms with Gasteiger partial charge in [-0.25, -0.2) is 0 Å². The third-order valence-corrected chi connectivity index (χ3v) is 4.30. The molecule has 2 aliphatic rings. The molecule has 1 N–H and O–H groups in total. The Hall–Kier alpha value is -1.10. The first-order valence-corrected chi connectivity index (χ1v) is 7.27. The fourth-order valence-corrected chi connectivity index (χ4v) is 3.14. The molecule has 2 heterocycles. The highest BCUT2D eigenvalue weighted by Gasteiger charge is 2.32. The monoisotopic (exact) mass is 268 g/mol. The molecule has 0 aromatic carbocycles. The molecular formula is C14H24N2O3. The number of rotatable bonds is 2. The first-order chi connectivity index (χ1) is 9.11. The topological polar surface area (TPSA) is 60.9 Å². The van der Waals surface area contributed by atoms with Crippen LogP contribution < -0.4 is 0 Å². The molecule has 19 heavy (non-hydrogen) atoms. The fraction of sp³-hybridized carbons (Fsp3) is 0.857. The third kappa shape index (κ3) is 3.47. The maximum atomic E-state index is 12.5. The van der Waals surface area contributed by atoms with Crippen LogP contribution >= 0.6 is 0 Å². The summed E-state index contributed by atoms with van der Waals surface area (Å²) in [5.41, 5.74) is 0. The molecule has 0 aliphatic carbocycles. The molecule has 2 fully saturated rings. The second-order valence-electron chi connectivity index (χ2n) is 5.78. The van der Waals surface area contributed by atoms with Gasteiger partial charge in [-0.05, 0) is 31.6 Å². The van der Waals surface area contributed by atoms with Crippen LogP contribution in [0.5, 0.6) is 0 Å². The average Bonchev–Trinajstić information content (AvgIpc) is 2.46. The van der Waals surface area contributed by atoms with Gasteiger partial charge in [0, 0.05) is 39.7 Å². The van der Waals surface area contributed by atoms with E-state index in [4.69, 9.17) is 0 Å². The van der Waals surface area contributed by atoms with E-state index >= 15 is 0 Å². The van der Waals surface area contributed by atoms with E-state index in [0.717, 1.165) is 38.8 Å². The first-order valence-electron chi connectivity index (χ1n) is 7.27. The van der Waals surface area contributed by atoms with Gasteiger partial charge >= 0.3 is 0 Å². The van der Waals surface area contributed by atoms with Gasteiger partial charge in [-0.15, -0.1) is 0 Å². The first kappa shape index (κ1) is 14.3. The molecule has 0 radical (unpaired) electrons. The molecule has 2 atom stereocenters. The summed E-state index contributed by atoms with van der Waals surface area (Å²) < 4.78 is 0. The Balaban J connectivity index is 1.93. The molecule has 2 amide bonds. The summed E-state index contributed by atoms with van der Waals surface area (Å²) in [4.78, 5) is 27.6. The van der Waals surface area contributed by atoms with Crippen LogP contribution in [0.1, 0.15) is 32.6 Å². The van der Waals surface area contributed by atoms with Gasteiger partial charge in [-0.3, -0.25) is 9.59 Å². The minimum Gasteiger partial charge on any atom is -0.396 e. The van der Waals surface area contributed by atoms with E-state index in [2.05, 4.69) is 0 Å². The molecule has 2 saturated heterocycles. The number of aliphatic hydroxyl groups excluding tert-OH is 1. The van der Waals surface area contributed by atoms with Gasteiger partial charge in [0.2, 0.25) is 11.8 Å². The molecular weight excluding hydrogens is 244 g/mol. The van der Waals surface area contributed by atoms with Gasteiger partial charge in [0.05, 0.1) is 5.92 Å². The van der Waals surface area contributed by atoms with Crippen LogP contribution in [-0.4, -0.2) is 59.5 Å². The smallest absolute Gasteiger partial charge is 0.227 e. The lowest BCUT2D eigenvalue weighted by atomic mass is 9.93. The van der Waals surface area contributed by atoms with Crippen LogP contribution in [0.15, 0.2) is 0 Å². The standard InChI is InChI=1S/C14H24N2O3/c1-11(18)15-6-3-5-13(9-15)14(19)16-7-2-4-12(8-16)10-17/h12-13,17H,2-10H2,1H3. The summed E-state index contributed by atoms with van der Waals surface area (Å²) in [5, 5.41) is 9.22. The maximum Gasteiger partial charge on any atom is 0.227 e. The molecule has 5 nitrogen and oxygen atoms in total. The molecule has 0 spiro atoms. The van der Waals surface area contributed by atoms with Gasteiger partial charge < -0.3 is 14.9 Å². The van der Waals surface area contributed by atoms with Crippen molar-refractivity contribution in [1.82, 2.24) is 9.80 Å². The van der Waals surface area contributed by atoms with Gasteiger partial charge in [-0.1, -0.05) is 0 Å². The molecule has 2 unspecified atom stereocenters. The number of hydrogen-bond donors (Lipinski definition) is 1. The quantitative estimate of drug-likeness (QED) is 0.792. The number of amides is 2. The Kier molecular flexibility index (Phi) is 4.80. The maximum absolute atomic E-state index is 12.5. The fourth-order valence-electron chi connectivity index (χ4n) is 3.14. The SMILES string of the molecule is CC(=O)N1CCCC(C(=O)N2CCCC(CO)C2)C1. The number of carbonyl (C=O) groups excluding carboxylic acids is 2. The summed E-state index contributed by atoms with van der Waals surface area (Å²) >= 11 is 0. The number of likely N-dealkylation sites (tertiary alicyclic amines) is 2. The van der Waals surface area contributed by atoms with Crippen molar-refractivity contribution >= 4 is 11.8 Å². The van der Waals surface area contributed by atoms with E-state index in [-0.39, 0.29) is 30.3 Å². The van der Waals surface area contributed by atoms with E-state index in [9.17, 15) is 14.7 Å². The van der Waals surface area contributed by atoms with Crippen molar-refractivity contribution in [3.63, 3.8) is 0 Å². The van der Waals surface area contributed by atoms with E-state index in [1.165, 1.54) is 0 Å². The summed E-state index contributed by atoms with van der Waals surface area (Å²) in [7, 11) is 0. The van der Waals surface area contributed by atoms with Gasteiger partial charge in [0.15, 0.2) is 0 Å². The second kappa shape index (κ2) is 6.37. The highest BCUT2D eigenvalue weighted by Crippen LogP contribution is 2.23. The molecule has 0 bridgehead atoms. The minimum atomic E-state index is -0.0462. The van der Waals surface area contributed by atoms with Crippen molar-refractivity contribution in [1.29, 1.82) is 0 Å². The number of nitrogens with zero attached hydrogens (tertiary/aromatic N) is 2. The Bertz CT molecular complexity index is 346. The van der Waals surface area contributed by atoms with E-state index in [1.54, 1.807) is 11.8 Å². The average molecular weight is 268 g/mol. The van der Waals surface area contributed by atoms with Gasteiger partial charge in [0.25, 0.3) is 0 Å². The largest absolute Gasteiger partial charge is 0.396 e. The molecule has 5 heteroatoms. The van der Waals surface area contributed by atoms with E-state index in [1.807, 2.05) is 4.90 Å². The van der Waals surface area contributed by atoms with Crippen molar-refractivity contribution in [2.24, 2.45) is 11.8 Å². The van der Waals surface area contributed by atoms with E-state index in [0.29, 0.717) is 13.1 Å². The Morgan fingerprint density at radius 1 is 1.11 bits per heavy atom. The zero-order chi connectivity index (χ0) is 13.8. The Labute approximate surface area is 114 Å². The van der Waals surface area contributed by atoms with Gasteiger partial charge in [0.1, 0.15) is 0 Å². The molecule has 108 valence electrons. The molecule has 0 saturated carbocycles. The molecule has 2 aliphatic heterocycles. The molecule has 0 aromatic rings. The third-order valence-electron chi connectivity index (χ3n) is 4.30. The lowest BCUT2D eigenvalue weighted by molar-refractivity contribution is -0.141. The summed E-state index contributed by atoms with van der Waals surface area (Å²) in [6.07, 6.45) is 3.76. The number of hydrogen-bond acceptors (Lipinski definition) is 3. The van der Waals surface area contributed by atoms with Crippen molar-refractivity contribution in [2.45, 2.75) is 32.6 Å². The van der Waals surface area contributed by atoms with Crippen LogP contribution in [0.3, 0.4) is 0 Å². The molecule has 2 rings (SSSR count). The molecule has 0 aromatic heterocycles. The van der Waals surface area contributed by atoms with Crippen LogP contribution in [0, 0.1) is 11.8 Å². The summed E-state index contributed by atoms with van der Waals surface area (Å²) in [6, 6.07) is 0. The lowest BCUT2D eigenvalue weighted by Crippen LogP contribution is -2.49. The summed E-state index contributed by atoms with van der Waals surface area (Å²) in [5.74, 6) is 0.411. The summed E-state index contributed by atoms with van der Waals surface area (Å²) in [6.45, 7) is 4.54. The zero-order valence-electron chi connectivity index (χ0n) is 11.7. The highest BCUT2D eigenvalue weighted by molar-refractivity contribution is 5.81. The van der Waals surface area contributed by atoms with Crippen molar-refractivity contribution in [3.05, 3.63) is 0 Å². The highest BCUT2D eigenvalue weighted by atomic mass is 16.3. The number of aliphatic hydroxyl groups is 1. The van der Waals surface area contributed by atoms with Crippen LogP contribution in [0.2, 0.25) is 0 Å². The number of piperidine rings is 2. The van der Waals surface area contributed by atoms with Crippen molar-refractivity contribution in [3.8, 4) is 0 Å². The van der Waals surface area contributed by atoms with Crippen LogP contribution in [0.4, 0.5) is 0 Å². The number of carbonyl (C=O) groups is 2. The van der Waals surface area contributed by atoms with E-state index < -0.39 is 0 Å². The predicted octanol–water partition coefficient (Wildman–Crippen LogP) is 0.476. The van der Waals surface area contributed by atoms with Crippen molar-refractivity contribution < 1.29 is 14.7 Å². The van der Waals surface area contributed by atoms with Crippen molar-refractivity contribution in [2.75, 3.05) is 32.8 Å². The van der Waals surface area contributed by atoms with Crippen LogP contribution in [0.25, 0.3) is 0 Å². The predicted molar refractivity (Wildman–Crippen MR) is 71.4 cm³/mol.